The number of hydrogen-bond acceptors (Lipinski definition) is 2. The molecular weight excluding hydrogens is 388 g/mol. The van der Waals surface area contributed by atoms with Crippen molar-refractivity contribution in [2.24, 2.45) is 34.5 Å². The van der Waals surface area contributed by atoms with Gasteiger partial charge in [-0.3, -0.25) is 4.98 Å². The molecule has 1 heterocycles. The summed E-state index contributed by atoms with van der Waals surface area (Å²) in [5, 5.41) is 2.66. The monoisotopic (exact) mass is 428 g/mol. The van der Waals surface area contributed by atoms with E-state index < -0.39 is 0 Å². The number of aromatic nitrogens is 1. The normalized spacial score (nSPS) is 41.2. The van der Waals surface area contributed by atoms with Crippen molar-refractivity contribution in [2.45, 2.75) is 71.3 Å². The van der Waals surface area contributed by atoms with Crippen LogP contribution in [0.5, 0.6) is 0 Å². The van der Waals surface area contributed by atoms with Crippen LogP contribution in [0.25, 0.3) is 16.3 Å². The third-order valence-electron chi connectivity index (χ3n) is 10.9. The molecule has 0 saturated heterocycles. The second-order valence-electron chi connectivity index (χ2n) is 12.3. The first-order chi connectivity index (χ1) is 15.4. The number of nitrogens with zero attached hydrogens (tertiary/aromatic N) is 2. The van der Waals surface area contributed by atoms with Crippen LogP contribution in [0.3, 0.4) is 0 Å². The van der Waals surface area contributed by atoms with Crippen LogP contribution < -0.4 is 0 Å². The highest BCUT2D eigenvalue weighted by Crippen LogP contribution is 2.67. The molecule has 0 N–H and O–H groups in total. The SMILES string of the molecule is CN(C)C1CCC2(C)C(CCC3[C@@H]4CC=C(c5cccc6cnccc56)C4(C)CC[C@@H]32)C1. The Morgan fingerprint density at radius 1 is 0.969 bits per heavy atom. The topological polar surface area (TPSA) is 16.1 Å². The molecule has 4 aliphatic carbocycles. The molecule has 0 radical (unpaired) electrons. The van der Waals surface area contributed by atoms with E-state index in [2.05, 4.69) is 68.2 Å². The smallest absolute Gasteiger partial charge is 0.0346 e. The minimum atomic E-state index is 0.336. The maximum atomic E-state index is 4.37. The fourth-order valence-electron chi connectivity index (χ4n) is 9.05. The van der Waals surface area contributed by atoms with E-state index >= 15 is 0 Å². The number of fused-ring (bicyclic) bond motifs is 6. The summed E-state index contributed by atoms with van der Waals surface area (Å²) in [7, 11) is 4.58. The van der Waals surface area contributed by atoms with Crippen LogP contribution in [-0.2, 0) is 0 Å². The van der Waals surface area contributed by atoms with E-state index in [0.29, 0.717) is 10.8 Å². The van der Waals surface area contributed by atoms with Gasteiger partial charge in [0, 0.05) is 23.8 Å². The molecule has 3 fully saturated rings. The molecule has 2 aromatic rings. The van der Waals surface area contributed by atoms with Crippen LogP contribution >= 0.6 is 0 Å². The number of allylic oxidation sites excluding steroid dienone is 2. The van der Waals surface area contributed by atoms with Crippen LogP contribution in [-0.4, -0.2) is 30.0 Å². The molecule has 5 unspecified atom stereocenters. The standard InChI is InChI=1S/C30H40N2/c1-29-15-12-22(32(3)4)18-21(29)8-9-25-27-11-10-26(30(27,2)16-13-28(25)29)24-7-5-6-20-19-31-17-14-23(20)24/h5-7,10,14,17,19,21-22,25,27-28H,8-9,11-13,15-16,18H2,1-4H3/t21?,22?,25?,27-,28-,29?,30?/m0/s1. The first-order valence-corrected chi connectivity index (χ1v) is 13.1. The summed E-state index contributed by atoms with van der Waals surface area (Å²) in [4.78, 5) is 6.87. The molecule has 7 atom stereocenters. The van der Waals surface area contributed by atoms with Crippen LogP contribution in [0.4, 0.5) is 0 Å². The second-order valence-corrected chi connectivity index (χ2v) is 12.3. The van der Waals surface area contributed by atoms with Crippen LogP contribution in [0.15, 0.2) is 42.7 Å². The number of rotatable bonds is 2. The van der Waals surface area contributed by atoms with Crippen molar-refractivity contribution in [2.75, 3.05) is 14.1 Å². The van der Waals surface area contributed by atoms with Gasteiger partial charge in [-0.1, -0.05) is 38.1 Å². The molecule has 1 aromatic heterocycles. The minimum absolute atomic E-state index is 0.336. The van der Waals surface area contributed by atoms with Crippen LogP contribution in [0.2, 0.25) is 0 Å². The van der Waals surface area contributed by atoms with Gasteiger partial charge in [-0.05, 0) is 123 Å². The molecule has 4 aliphatic rings. The second kappa shape index (κ2) is 7.42. The summed E-state index contributed by atoms with van der Waals surface area (Å²) in [5.74, 6) is 3.62. The Labute approximate surface area is 194 Å². The van der Waals surface area contributed by atoms with Crippen molar-refractivity contribution in [3.63, 3.8) is 0 Å². The van der Waals surface area contributed by atoms with E-state index in [-0.39, 0.29) is 0 Å². The van der Waals surface area contributed by atoms with Gasteiger partial charge in [0.05, 0.1) is 0 Å². The lowest BCUT2D eigenvalue weighted by atomic mass is 9.44. The third-order valence-corrected chi connectivity index (χ3v) is 10.9. The summed E-state index contributed by atoms with van der Waals surface area (Å²) in [6.45, 7) is 5.31. The zero-order valence-electron chi connectivity index (χ0n) is 20.5. The van der Waals surface area contributed by atoms with Crippen molar-refractivity contribution in [3.05, 3.63) is 48.3 Å². The molecule has 0 aliphatic heterocycles. The van der Waals surface area contributed by atoms with E-state index in [4.69, 9.17) is 0 Å². The average Bonchev–Trinajstić information content (AvgIpc) is 3.15. The molecule has 32 heavy (non-hydrogen) atoms. The van der Waals surface area contributed by atoms with Gasteiger partial charge in [-0.25, -0.2) is 0 Å². The van der Waals surface area contributed by atoms with E-state index in [0.717, 1.165) is 29.7 Å². The van der Waals surface area contributed by atoms with Gasteiger partial charge in [0.15, 0.2) is 0 Å². The van der Waals surface area contributed by atoms with E-state index in [9.17, 15) is 0 Å². The molecule has 1 aromatic carbocycles. The largest absolute Gasteiger partial charge is 0.306 e. The number of hydrogen-bond donors (Lipinski definition) is 0. The lowest BCUT2D eigenvalue weighted by Gasteiger charge is -2.61. The lowest BCUT2D eigenvalue weighted by molar-refractivity contribution is -0.106. The predicted octanol–water partition coefficient (Wildman–Crippen LogP) is 7.20. The zero-order chi connectivity index (χ0) is 22.1. The third kappa shape index (κ3) is 2.91. The summed E-state index contributed by atoms with van der Waals surface area (Å²) < 4.78 is 0. The van der Waals surface area contributed by atoms with Crippen LogP contribution in [0, 0.1) is 34.5 Å². The average molecular weight is 429 g/mol. The Kier molecular flexibility index (Phi) is 4.85. The van der Waals surface area contributed by atoms with Gasteiger partial charge in [-0.15, -0.1) is 0 Å². The summed E-state index contributed by atoms with van der Waals surface area (Å²) in [6, 6.07) is 9.85. The van der Waals surface area contributed by atoms with E-state index in [1.165, 1.54) is 67.7 Å². The Morgan fingerprint density at radius 3 is 2.69 bits per heavy atom. The highest BCUT2D eigenvalue weighted by atomic mass is 15.1. The van der Waals surface area contributed by atoms with Gasteiger partial charge < -0.3 is 4.90 Å². The maximum absolute atomic E-state index is 4.37. The Hall–Kier alpha value is -1.67. The van der Waals surface area contributed by atoms with Crippen molar-refractivity contribution >= 4 is 16.3 Å². The lowest BCUT2D eigenvalue weighted by Crippen LogP contribution is -2.54. The quantitative estimate of drug-likeness (QED) is 0.503. The first-order valence-electron chi connectivity index (χ1n) is 13.1. The molecule has 0 amide bonds. The fourth-order valence-corrected chi connectivity index (χ4v) is 9.05. The van der Waals surface area contributed by atoms with Gasteiger partial charge in [-0.2, -0.15) is 0 Å². The van der Waals surface area contributed by atoms with Crippen LogP contribution in [0.1, 0.15) is 70.8 Å². The molecule has 2 heteroatoms. The first kappa shape index (κ1) is 20.9. The molecule has 0 bridgehead atoms. The fraction of sp³-hybridized carbons (Fsp3) is 0.633. The van der Waals surface area contributed by atoms with Gasteiger partial charge in [0.2, 0.25) is 0 Å². The highest BCUT2D eigenvalue weighted by Gasteiger charge is 2.58. The molecule has 3 saturated carbocycles. The molecule has 0 spiro atoms. The Balaban J connectivity index is 1.31. The van der Waals surface area contributed by atoms with Crippen molar-refractivity contribution in [1.29, 1.82) is 0 Å². The molecule has 170 valence electrons. The minimum Gasteiger partial charge on any atom is -0.306 e. The molecular formula is C30H40N2. The molecule has 2 nitrogen and oxygen atoms in total. The van der Waals surface area contributed by atoms with Crippen molar-refractivity contribution in [1.82, 2.24) is 9.88 Å². The number of benzene rings is 1. The van der Waals surface area contributed by atoms with E-state index in [1.807, 2.05) is 12.4 Å². The van der Waals surface area contributed by atoms with Gasteiger partial charge in [0.25, 0.3) is 0 Å². The maximum Gasteiger partial charge on any atom is 0.0346 e. The predicted molar refractivity (Wildman–Crippen MR) is 134 cm³/mol. The van der Waals surface area contributed by atoms with Gasteiger partial charge >= 0.3 is 0 Å². The summed E-state index contributed by atoms with van der Waals surface area (Å²) >= 11 is 0. The molecule has 6 rings (SSSR count). The Morgan fingerprint density at radius 2 is 1.84 bits per heavy atom. The Bertz CT molecular complexity index is 1050. The van der Waals surface area contributed by atoms with Crippen molar-refractivity contribution < 1.29 is 0 Å². The van der Waals surface area contributed by atoms with Crippen molar-refractivity contribution in [3.8, 4) is 0 Å². The highest BCUT2D eigenvalue weighted by molar-refractivity contribution is 5.95. The summed E-state index contributed by atoms with van der Waals surface area (Å²) in [6.07, 6.45) is 17.9. The van der Waals surface area contributed by atoms with Gasteiger partial charge in [0.1, 0.15) is 0 Å². The summed E-state index contributed by atoms with van der Waals surface area (Å²) in [5.41, 5.74) is 4.02. The number of pyridine rings is 1. The van der Waals surface area contributed by atoms with E-state index in [1.54, 1.807) is 5.57 Å². The zero-order valence-corrected chi connectivity index (χ0v) is 20.5.